The van der Waals surface area contributed by atoms with E-state index in [1.807, 2.05) is 0 Å². The molecule has 0 bridgehead atoms. The number of rotatable bonds is 6. The molecule has 0 aromatic heterocycles. The van der Waals surface area contributed by atoms with E-state index in [-0.39, 0.29) is 16.2 Å². The number of hydrogen-bond donors (Lipinski definition) is 0. The zero-order chi connectivity index (χ0) is 22.6. The lowest BCUT2D eigenvalue weighted by Crippen LogP contribution is -2.33. The molecule has 0 radical (unpaired) electrons. The topological polar surface area (TPSA) is 75.8 Å². The molecule has 0 unspecified atom stereocenters. The van der Waals surface area contributed by atoms with Gasteiger partial charge in [-0.1, -0.05) is 51.6 Å². The molecule has 160 valence electrons. The van der Waals surface area contributed by atoms with Crippen LogP contribution in [0.3, 0.4) is 0 Å². The molecule has 2 aromatic carbocycles. The predicted octanol–water partition coefficient (Wildman–Crippen LogP) is 5.00. The number of methoxy groups -OCH3 is 1. The monoisotopic (exact) mass is 436 g/mol. The molecule has 0 saturated heterocycles. The van der Waals surface area contributed by atoms with Crippen LogP contribution in [0.1, 0.15) is 37.5 Å². The summed E-state index contributed by atoms with van der Waals surface area (Å²) >= 11 is 5.00. The minimum Gasteiger partial charge on any atom is -0.493 e. The van der Waals surface area contributed by atoms with Gasteiger partial charge < -0.3 is 9.47 Å². The number of hydrazone groups is 1. The van der Waals surface area contributed by atoms with Gasteiger partial charge in [0.05, 0.1) is 13.3 Å². The molecule has 0 fully saturated rings. The van der Waals surface area contributed by atoms with Crippen LogP contribution in [-0.2, 0) is 16.8 Å². The third-order valence-corrected chi connectivity index (χ3v) is 4.86. The van der Waals surface area contributed by atoms with Gasteiger partial charge in [0.15, 0.2) is 11.5 Å². The van der Waals surface area contributed by atoms with E-state index in [9.17, 15) is 4.79 Å². The lowest BCUT2D eigenvalue weighted by atomic mass is 9.87. The van der Waals surface area contributed by atoms with Crippen molar-refractivity contribution in [3.05, 3.63) is 71.4 Å². The van der Waals surface area contributed by atoms with Crippen LogP contribution in [-0.4, -0.2) is 29.4 Å². The second-order valence-electron chi connectivity index (χ2n) is 7.94. The summed E-state index contributed by atoms with van der Waals surface area (Å²) in [5.41, 5.74) is 3.12. The molecule has 31 heavy (non-hydrogen) atoms. The average Bonchev–Trinajstić information content (AvgIpc) is 2.75. The van der Waals surface area contributed by atoms with Gasteiger partial charge in [0, 0.05) is 0 Å². The van der Waals surface area contributed by atoms with Crippen molar-refractivity contribution in [1.82, 2.24) is 5.01 Å². The summed E-state index contributed by atoms with van der Waals surface area (Å²) in [6.07, 6.45) is 1.48. The van der Waals surface area contributed by atoms with Gasteiger partial charge >= 0.3 is 5.91 Å². The molecule has 1 aliphatic heterocycles. The fourth-order valence-corrected chi connectivity index (χ4v) is 2.94. The highest BCUT2D eigenvalue weighted by Gasteiger charge is 2.24. The number of carbonyl (C=O) groups is 1. The smallest absolute Gasteiger partial charge is 0.300 e. The highest BCUT2D eigenvalue weighted by Crippen LogP contribution is 2.29. The summed E-state index contributed by atoms with van der Waals surface area (Å²) in [7, 11) is 1.56. The van der Waals surface area contributed by atoms with Crippen molar-refractivity contribution in [1.29, 1.82) is 0 Å². The van der Waals surface area contributed by atoms with Crippen LogP contribution in [0.4, 0.5) is 0 Å². The molecule has 0 spiro atoms. The van der Waals surface area contributed by atoms with Gasteiger partial charge in [-0.05, 0) is 52.5 Å². The van der Waals surface area contributed by atoms with Gasteiger partial charge in [-0.2, -0.15) is 10.1 Å². The Kier molecular flexibility index (Phi) is 6.60. The fourth-order valence-electron chi connectivity index (χ4n) is 2.77. The first-order chi connectivity index (χ1) is 14.7. The molecule has 7 nitrogen and oxygen atoms in total. The summed E-state index contributed by atoms with van der Waals surface area (Å²) in [6, 6.07) is 13.7. The Hall–Kier alpha value is -3.39. The van der Waals surface area contributed by atoms with Crippen LogP contribution in [0.15, 0.2) is 70.1 Å². The van der Waals surface area contributed by atoms with Crippen LogP contribution in [0, 0.1) is 0 Å². The molecule has 1 heterocycles. The van der Waals surface area contributed by atoms with Crippen LogP contribution in [0.2, 0.25) is 0 Å². The molecule has 2 aromatic rings. The van der Waals surface area contributed by atoms with Gasteiger partial charge in [0.25, 0.3) is 0 Å². The van der Waals surface area contributed by atoms with E-state index < -0.39 is 5.91 Å². The largest absolute Gasteiger partial charge is 0.493 e. The van der Waals surface area contributed by atoms with Gasteiger partial charge in [-0.25, -0.2) is 0 Å². The Morgan fingerprint density at radius 1 is 1.13 bits per heavy atom. The van der Waals surface area contributed by atoms with Crippen LogP contribution >= 0.6 is 12.2 Å². The molecule has 1 aliphatic rings. The van der Waals surface area contributed by atoms with E-state index in [4.69, 9.17) is 21.7 Å². The number of benzene rings is 2. The second kappa shape index (κ2) is 9.18. The number of nitrogens with zero attached hydrogens (tertiary/aromatic N) is 4. The first kappa shape index (κ1) is 22.3. The van der Waals surface area contributed by atoms with E-state index in [0.29, 0.717) is 23.7 Å². The van der Waals surface area contributed by atoms with Crippen molar-refractivity contribution in [2.75, 3.05) is 7.11 Å². The first-order valence-corrected chi connectivity index (χ1v) is 10.0. The third kappa shape index (κ3) is 5.40. The Morgan fingerprint density at radius 2 is 1.84 bits per heavy atom. The van der Waals surface area contributed by atoms with Gasteiger partial charge in [0.2, 0.25) is 5.11 Å². The van der Waals surface area contributed by atoms with Crippen LogP contribution in [0.25, 0.3) is 0 Å². The minimum atomic E-state index is -0.513. The third-order valence-electron chi connectivity index (χ3n) is 4.60. The van der Waals surface area contributed by atoms with E-state index in [1.54, 1.807) is 25.3 Å². The summed E-state index contributed by atoms with van der Waals surface area (Å²) < 4.78 is 11.4. The lowest BCUT2D eigenvalue weighted by molar-refractivity contribution is -0.123. The van der Waals surface area contributed by atoms with Gasteiger partial charge in [-0.15, -0.1) is 10.2 Å². The number of hydrogen-bond acceptors (Lipinski definition) is 6. The van der Waals surface area contributed by atoms with Crippen molar-refractivity contribution in [2.45, 2.75) is 32.8 Å². The van der Waals surface area contributed by atoms with Crippen LogP contribution < -0.4 is 9.47 Å². The maximum atomic E-state index is 12.1. The molecule has 8 heteroatoms. The molecule has 0 N–H and O–H groups in total. The van der Waals surface area contributed by atoms with E-state index in [2.05, 4.69) is 66.9 Å². The summed E-state index contributed by atoms with van der Waals surface area (Å²) in [5.74, 6) is 0.638. The van der Waals surface area contributed by atoms with Crippen LogP contribution in [0.5, 0.6) is 11.5 Å². The highest BCUT2D eigenvalue weighted by atomic mass is 32.1. The minimum absolute atomic E-state index is 0.0254. The predicted molar refractivity (Wildman–Crippen MR) is 124 cm³/mol. The van der Waals surface area contributed by atoms with E-state index >= 15 is 0 Å². The van der Waals surface area contributed by atoms with Gasteiger partial charge in [0.1, 0.15) is 12.3 Å². The number of amides is 1. The Morgan fingerprint density at radius 3 is 2.48 bits per heavy atom. The highest BCUT2D eigenvalue weighted by molar-refractivity contribution is 7.80. The second-order valence-corrected chi connectivity index (χ2v) is 8.30. The van der Waals surface area contributed by atoms with Crippen molar-refractivity contribution in [2.24, 2.45) is 15.3 Å². The van der Waals surface area contributed by atoms with E-state index in [0.717, 1.165) is 10.6 Å². The molecule has 0 atom stereocenters. The maximum Gasteiger partial charge on any atom is 0.300 e. The lowest BCUT2D eigenvalue weighted by Gasteiger charge is -2.19. The first-order valence-electron chi connectivity index (χ1n) is 9.62. The Labute approximate surface area is 187 Å². The number of carbonyl (C=O) groups excluding carboxylic acids is 1. The number of thiocarbonyl (C=S) groups is 1. The summed E-state index contributed by atoms with van der Waals surface area (Å²) in [4.78, 5) is 12.1. The molecular formula is C23H24N4O3S. The number of azo groups is 1. The summed E-state index contributed by atoms with van der Waals surface area (Å²) in [5, 5.41) is 12.3. The normalized spacial score (nSPS) is 14.5. The Balaban J connectivity index is 1.70. The average molecular weight is 437 g/mol. The fraction of sp³-hybridized carbons (Fsp3) is 0.261. The zero-order valence-corrected chi connectivity index (χ0v) is 18.8. The molecule has 0 aliphatic carbocycles. The van der Waals surface area contributed by atoms with E-state index in [1.165, 1.54) is 11.8 Å². The molecule has 3 rings (SSSR count). The molecular weight excluding hydrogens is 412 g/mol. The Bertz CT molecular complexity index is 1070. The summed E-state index contributed by atoms with van der Waals surface area (Å²) in [6.45, 7) is 10.5. The molecule has 1 amide bonds. The standard InChI is InChI=1S/C23H24N4O3S/c1-15-21(28)27(22(31)26-25-15)24-13-17-8-11-19(20(12-17)29-5)30-14-16-6-9-18(10-7-16)23(2,3)4/h6-13H,1,14H2,2-5H3/b24-13+. The SMILES string of the molecule is C=C1N=NC(=S)N(/N=C/c2ccc(OCc3ccc(C(C)(C)C)cc3)c(OC)c2)C1=O. The van der Waals surface area contributed by atoms with Crippen molar-refractivity contribution < 1.29 is 14.3 Å². The zero-order valence-electron chi connectivity index (χ0n) is 18.0. The molecule has 0 saturated carbocycles. The number of ether oxygens (including phenoxy) is 2. The van der Waals surface area contributed by atoms with Crippen molar-refractivity contribution in [3.63, 3.8) is 0 Å². The maximum absolute atomic E-state index is 12.1. The van der Waals surface area contributed by atoms with Gasteiger partial charge in [-0.3, -0.25) is 4.79 Å². The van der Waals surface area contributed by atoms with Crippen molar-refractivity contribution in [3.8, 4) is 11.5 Å². The van der Waals surface area contributed by atoms with Crippen molar-refractivity contribution >= 4 is 29.5 Å². The quantitative estimate of drug-likeness (QED) is 0.363.